The molecule has 0 aliphatic rings. The molecule has 7 heteroatoms. The number of hydrogen-bond donors (Lipinski definition) is 1. The van der Waals surface area contributed by atoms with Gasteiger partial charge in [-0.3, -0.25) is 14.9 Å². The largest absolute Gasteiger partial charge is 0.466 e. The van der Waals surface area contributed by atoms with Gasteiger partial charge in [0.15, 0.2) is 0 Å². The van der Waals surface area contributed by atoms with Gasteiger partial charge >= 0.3 is 5.97 Å². The van der Waals surface area contributed by atoms with E-state index in [4.69, 9.17) is 5.73 Å². The molecule has 18 heavy (non-hydrogen) atoms. The van der Waals surface area contributed by atoms with Crippen LogP contribution in [-0.2, 0) is 14.3 Å². The average molecular weight is 250 g/mol. The maximum Gasteiger partial charge on any atom is 0.331 e. The number of nitro groups is 1. The third-order valence-electron chi connectivity index (χ3n) is 2.12. The van der Waals surface area contributed by atoms with E-state index in [9.17, 15) is 19.7 Å². The van der Waals surface area contributed by atoms with Crippen molar-refractivity contribution >= 4 is 23.1 Å². The number of carbonyl (C=O) groups is 2. The van der Waals surface area contributed by atoms with E-state index in [-0.39, 0.29) is 11.3 Å². The van der Waals surface area contributed by atoms with Gasteiger partial charge in [0.1, 0.15) is 0 Å². The molecule has 0 atom stereocenters. The number of primary amides is 1. The number of benzene rings is 1. The molecular formula is C11H10N2O5. The first-order valence-corrected chi connectivity index (χ1v) is 4.80. The summed E-state index contributed by atoms with van der Waals surface area (Å²) in [6.07, 6.45) is 0.934. The summed E-state index contributed by atoms with van der Waals surface area (Å²) in [4.78, 5) is 32.1. The van der Waals surface area contributed by atoms with Crippen LogP contribution >= 0.6 is 0 Å². The van der Waals surface area contributed by atoms with Crippen LogP contribution in [0, 0.1) is 10.1 Å². The second-order valence-electron chi connectivity index (χ2n) is 3.25. The van der Waals surface area contributed by atoms with Crippen LogP contribution < -0.4 is 5.73 Å². The summed E-state index contributed by atoms with van der Waals surface area (Å²) in [6.45, 7) is 0. The molecular weight excluding hydrogens is 240 g/mol. The third kappa shape index (κ3) is 3.14. The highest BCUT2D eigenvalue weighted by atomic mass is 16.6. The van der Waals surface area contributed by atoms with Crippen molar-refractivity contribution in [2.24, 2.45) is 5.73 Å². The van der Waals surface area contributed by atoms with E-state index < -0.39 is 16.8 Å². The van der Waals surface area contributed by atoms with Gasteiger partial charge in [0.2, 0.25) is 5.91 Å². The molecule has 0 unspecified atom stereocenters. The lowest BCUT2D eigenvalue weighted by atomic mass is 10.0. The lowest BCUT2D eigenvalue weighted by Crippen LogP contribution is -2.14. The zero-order chi connectivity index (χ0) is 13.7. The molecule has 0 aliphatic heterocycles. The Balaban J connectivity index is 3.15. The molecule has 1 amide bonds. The number of methoxy groups -OCH3 is 1. The van der Waals surface area contributed by atoms with Crippen molar-refractivity contribution in [3.05, 3.63) is 46.0 Å². The van der Waals surface area contributed by atoms with Crippen LogP contribution in [0.5, 0.6) is 0 Å². The normalized spacial score (nSPS) is 10.8. The highest BCUT2D eigenvalue weighted by Gasteiger charge is 2.12. The number of non-ortho nitro benzene ring substituents is 1. The first-order valence-electron chi connectivity index (χ1n) is 4.80. The maximum atomic E-state index is 11.2. The summed E-state index contributed by atoms with van der Waals surface area (Å²) in [6, 6.07) is 5.09. The van der Waals surface area contributed by atoms with Crippen LogP contribution in [0.25, 0.3) is 5.57 Å². The van der Waals surface area contributed by atoms with Crippen LogP contribution in [0.4, 0.5) is 5.69 Å². The number of nitrogens with two attached hydrogens (primary N) is 1. The van der Waals surface area contributed by atoms with Gasteiger partial charge < -0.3 is 10.5 Å². The number of amides is 1. The zero-order valence-corrected chi connectivity index (χ0v) is 9.45. The summed E-state index contributed by atoms with van der Waals surface area (Å²) in [5, 5.41) is 10.5. The van der Waals surface area contributed by atoms with Crippen LogP contribution in [0.15, 0.2) is 30.3 Å². The standard InChI is InChI=1S/C11H10N2O5/c1-18-10(14)6-9(11(12)15)7-2-4-8(5-3-7)13(16)17/h2-6H,1H3,(H2,12,15)/b9-6-. The Bertz CT molecular complexity index is 519. The molecule has 1 rings (SSSR count). The Morgan fingerprint density at radius 2 is 1.89 bits per heavy atom. The molecule has 0 bridgehead atoms. The van der Waals surface area contributed by atoms with Gasteiger partial charge in [-0.1, -0.05) is 0 Å². The van der Waals surface area contributed by atoms with Gasteiger partial charge in [0, 0.05) is 18.2 Å². The predicted octanol–water partition coefficient (Wildman–Crippen LogP) is 0.637. The van der Waals surface area contributed by atoms with Gasteiger partial charge in [-0.2, -0.15) is 0 Å². The average Bonchev–Trinajstić information content (AvgIpc) is 2.35. The summed E-state index contributed by atoms with van der Waals surface area (Å²) in [7, 11) is 1.16. The van der Waals surface area contributed by atoms with Gasteiger partial charge in [0.05, 0.1) is 17.6 Å². The molecule has 0 aliphatic carbocycles. The monoisotopic (exact) mass is 250 g/mol. The van der Waals surface area contributed by atoms with E-state index in [0.717, 1.165) is 13.2 Å². The van der Waals surface area contributed by atoms with Crippen molar-refractivity contribution in [3.8, 4) is 0 Å². The number of nitro benzene ring substituents is 1. The first-order chi connectivity index (χ1) is 8.45. The Morgan fingerprint density at radius 1 is 1.33 bits per heavy atom. The fourth-order valence-corrected chi connectivity index (χ4v) is 1.24. The number of nitrogens with zero attached hydrogens (tertiary/aromatic N) is 1. The summed E-state index contributed by atoms with van der Waals surface area (Å²) < 4.78 is 4.38. The van der Waals surface area contributed by atoms with Crippen LogP contribution in [0.2, 0.25) is 0 Å². The molecule has 0 aromatic heterocycles. The molecule has 0 heterocycles. The van der Waals surface area contributed by atoms with Crippen LogP contribution in [0.1, 0.15) is 5.56 Å². The maximum absolute atomic E-state index is 11.2. The Hall–Kier alpha value is -2.70. The van der Waals surface area contributed by atoms with Crippen molar-refractivity contribution < 1.29 is 19.2 Å². The molecule has 94 valence electrons. The molecule has 0 saturated heterocycles. The highest BCUT2D eigenvalue weighted by molar-refractivity contribution is 6.22. The van der Waals surface area contributed by atoms with Crippen LogP contribution in [-0.4, -0.2) is 23.9 Å². The number of rotatable bonds is 4. The topological polar surface area (TPSA) is 113 Å². The summed E-state index contributed by atoms with van der Waals surface area (Å²) in [5.41, 5.74) is 5.23. The van der Waals surface area contributed by atoms with Crippen molar-refractivity contribution in [1.82, 2.24) is 0 Å². The molecule has 0 saturated carbocycles. The van der Waals surface area contributed by atoms with Crippen LogP contribution in [0.3, 0.4) is 0 Å². The Kier molecular flexibility index (Phi) is 4.14. The SMILES string of the molecule is COC(=O)/C=C(\C(N)=O)c1ccc([N+](=O)[O-])cc1. The van der Waals surface area contributed by atoms with Crippen molar-refractivity contribution in [2.75, 3.05) is 7.11 Å². The Labute approximate surface area is 102 Å². The van der Waals surface area contributed by atoms with E-state index in [0.29, 0.717) is 5.56 Å². The summed E-state index contributed by atoms with van der Waals surface area (Å²) >= 11 is 0. The fraction of sp³-hybridized carbons (Fsp3) is 0.0909. The number of carbonyl (C=O) groups excluding carboxylic acids is 2. The Morgan fingerprint density at radius 3 is 2.28 bits per heavy atom. The lowest BCUT2D eigenvalue weighted by molar-refractivity contribution is -0.384. The smallest absolute Gasteiger partial charge is 0.331 e. The molecule has 2 N–H and O–H groups in total. The lowest BCUT2D eigenvalue weighted by Gasteiger charge is -2.03. The van der Waals surface area contributed by atoms with E-state index in [1.54, 1.807) is 0 Å². The van der Waals surface area contributed by atoms with E-state index >= 15 is 0 Å². The fourth-order valence-electron chi connectivity index (χ4n) is 1.24. The minimum Gasteiger partial charge on any atom is -0.466 e. The number of ether oxygens (including phenoxy) is 1. The predicted molar refractivity (Wildman–Crippen MR) is 62.3 cm³/mol. The van der Waals surface area contributed by atoms with Gasteiger partial charge in [-0.25, -0.2) is 4.79 Å². The number of hydrogen-bond acceptors (Lipinski definition) is 5. The van der Waals surface area contributed by atoms with E-state index in [1.807, 2.05) is 0 Å². The molecule has 1 aromatic carbocycles. The van der Waals surface area contributed by atoms with E-state index in [2.05, 4.69) is 4.74 Å². The van der Waals surface area contributed by atoms with Gasteiger partial charge in [-0.05, 0) is 17.7 Å². The molecule has 1 aromatic rings. The van der Waals surface area contributed by atoms with Gasteiger partial charge in [0.25, 0.3) is 5.69 Å². The minimum atomic E-state index is -0.825. The zero-order valence-electron chi connectivity index (χ0n) is 9.45. The second kappa shape index (κ2) is 5.58. The van der Waals surface area contributed by atoms with Crippen molar-refractivity contribution in [2.45, 2.75) is 0 Å². The molecule has 0 spiro atoms. The van der Waals surface area contributed by atoms with Crippen molar-refractivity contribution in [3.63, 3.8) is 0 Å². The summed E-state index contributed by atoms with van der Waals surface area (Å²) in [5.74, 6) is -1.56. The van der Waals surface area contributed by atoms with E-state index in [1.165, 1.54) is 24.3 Å². The number of esters is 1. The minimum absolute atomic E-state index is 0.0725. The van der Waals surface area contributed by atoms with Gasteiger partial charge in [-0.15, -0.1) is 0 Å². The molecule has 7 nitrogen and oxygen atoms in total. The first kappa shape index (κ1) is 13.4. The highest BCUT2D eigenvalue weighted by Crippen LogP contribution is 2.18. The molecule has 0 radical (unpaired) electrons. The molecule has 0 fully saturated rings. The van der Waals surface area contributed by atoms with Crippen molar-refractivity contribution in [1.29, 1.82) is 0 Å². The third-order valence-corrected chi connectivity index (χ3v) is 2.12. The quantitative estimate of drug-likeness (QED) is 0.364. The second-order valence-corrected chi connectivity index (χ2v) is 3.25.